The van der Waals surface area contributed by atoms with E-state index in [9.17, 15) is 0 Å². The minimum absolute atomic E-state index is 0.493. The van der Waals surface area contributed by atoms with E-state index in [1.807, 2.05) is 55.4 Å². The summed E-state index contributed by atoms with van der Waals surface area (Å²) in [6.07, 6.45) is 4.17. The SMILES string of the molecule is CC.CC.CC.CC.CC(C)C(C)C(c1ccccc1)c1ccccc1.c1ccc(C(c2ccccc2)C2CCC2)cc1. The van der Waals surface area contributed by atoms with Gasteiger partial charge in [0.1, 0.15) is 0 Å². The molecule has 0 aliphatic heterocycles. The Labute approximate surface area is 268 Å². The summed E-state index contributed by atoms with van der Waals surface area (Å²) in [7, 11) is 0. The molecule has 1 atom stereocenters. The fraction of sp³-hybridized carbons (Fsp3) is 0.442. The van der Waals surface area contributed by atoms with Gasteiger partial charge < -0.3 is 0 Å². The molecule has 0 spiro atoms. The van der Waals surface area contributed by atoms with Crippen LogP contribution in [0.25, 0.3) is 0 Å². The standard InChI is InChI=1S/C18H22.C17H18.4C2H6/c1-14(2)15(3)18(16-10-6-4-7-11-16)17-12-8-5-9-13-17;1-3-8-14(9-4-1)17(16-12-7-13-16)15-10-5-2-6-11-15;4*1-2/h4-15,18H,1-3H3;1-6,8-11,16-17H,7,12-13H2;4*1-2H3. The zero-order chi connectivity index (χ0) is 32.5. The first kappa shape index (κ1) is 39.9. The molecule has 236 valence electrons. The summed E-state index contributed by atoms with van der Waals surface area (Å²) < 4.78 is 0. The molecule has 43 heavy (non-hydrogen) atoms. The maximum absolute atomic E-state index is 2.36. The molecule has 0 amide bonds. The predicted octanol–water partition coefficient (Wildman–Crippen LogP) is 13.8. The highest BCUT2D eigenvalue weighted by Gasteiger charge is 2.29. The third-order valence-corrected chi connectivity index (χ3v) is 7.83. The molecular weight excluding hydrogens is 516 g/mol. The average molecular weight is 581 g/mol. The van der Waals surface area contributed by atoms with Gasteiger partial charge in [0.25, 0.3) is 0 Å². The zero-order valence-corrected chi connectivity index (χ0v) is 29.6. The Morgan fingerprint density at radius 3 is 0.930 bits per heavy atom. The molecule has 0 nitrogen and oxygen atoms in total. The Balaban J connectivity index is 0.000000667. The Morgan fingerprint density at radius 2 is 0.698 bits per heavy atom. The van der Waals surface area contributed by atoms with Gasteiger partial charge in [0.05, 0.1) is 0 Å². The van der Waals surface area contributed by atoms with Crippen LogP contribution in [0.3, 0.4) is 0 Å². The van der Waals surface area contributed by atoms with E-state index in [2.05, 4.69) is 142 Å². The summed E-state index contributed by atoms with van der Waals surface area (Å²) in [5.74, 6) is 3.25. The molecule has 4 aromatic carbocycles. The second-order valence-corrected chi connectivity index (χ2v) is 10.4. The van der Waals surface area contributed by atoms with Crippen molar-refractivity contribution >= 4 is 0 Å². The summed E-state index contributed by atoms with van der Waals surface area (Å²) in [5, 5.41) is 0. The molecule has 1 aliphatic carbocycles. The largest absolute Gasteiger partial charge is 0.0683 e. The maximum atomic E-state index is 2.36. The van der Waals surface area contributed by atoms with Crippen LogP contribution in [-0.4, -0.2) is 0 Å². The third kappa shape index (κ3) is 13.4. The van der Waals surface area contributed by atoms with Crippen molar-refractivity contribution in [3.8, 4) is 0 Å². The van der Waals surface area contributed by atoms with Crippen molar-refractivity contribution in [3.05, 3.63) is 144 Å². The fourth-order valence-corrected chi connectivity index (χ4v) is 5.34. The third-order valence-electron chi connectivity index (χ3n) is 7.83. The number of hydrogen-bond donors (Lipinski definition) is 0. The highest BCUT2D eigenvalue weighted by Crippen LogP contribution is 2.43. The highest BCUT2D eigenvalue weighted by molar-refractivity contribution is 5.34. The quantitative estimate of drug-likeness (QED) is 0.204. The van der Waals surface area contributed by atoms with E-state index in [0.29, 0.717) is 23.7 Å². The van der Waals surface area contributed by atoms with Crippen LogP contribution < -0.4 is 0 Å². The van der Waals surface area contributed by atoms with Gasteiger partial charge >= 0.3 is 0 Å². The molecule has 0 bridgehead atoms. The van der Waals surface area contributed by atoms with Crippen LogP contribution in [0, 0.1) is 17.8 Å². The van der Waals surface area contributed by atoms with Gasteiger partial charge in [0, 0.05) is 11.8 Å². The summed E-state index contributed by atoms with van der Waals surface area (Å²) >= 11 is 0. The van der Waals surface area contributed by atoms with E-state index in [1.165, 1.54) is 41.5 Å². The zero-order valence-electron chi connectivity index (χ0n) is 29.6. The van der Waals surface area contributed by atoms with Crippen molar-refractivity contribution in [3.63, 3.8) is 0 Å². The van der Waals surface area contributed by atoms with Gasteiger partial charge in [-0.25, -0.2) is 0 Å². The van der Waals surface area contributed by atoms with Gasteiger partial charge in [-0.3, -0.25) is 0 Å². The Bertz CT molecular complexity index is 1020. The summed E-state index contributed by atoms with van der Waals surface area (Å²) in [4.78, 5) is 0. The van der Waals surface area contributed by atoms with Crippen molar-refractivity contribution in [1.82, 2.24) is 0 Å². The molecular formula is C43H64. The van der Waals surface area contributed by atoms with Crippen molar-refractivity contribution in [1.29, 1.82) is 0 Å². The molecule has 0 radical (unpaired) electrons. The topological polar surface area (TPSA) is 0 Å². The first-order valence-corrected chi connectivity index (χ1v) is 17.3. The van der Waals surface area contributed by atoms with Gasteiger partial charge in [-0.05, 0) is 52.8 Å². The first-order valence-electron chi connectivity index (χ1n) is 17.3. The van der Waals surface area contributed by atoms with Crippen molar-refractivity contribution < 1.29 is 0 Å². The van der Waals surface area contributed by atoms with Crippen molar-refractivity contribution in [2.75, 3.05) is 0 Å². The lowest BCUT2D eigenvalue weighted by Gasteiger charge is -2.34. The molecule has 1 fully saturated rings. The predicted molar refractivity (Wildman–Crippen MR) is 196 cm³/mol. The summed E-state index contributed by atoms with van der Waals surface area (Å²) in [6, 6.07) is 43.6. The lowest BCUT2D eigenvalue weighted by molar-refractivity contribution is 0.284. The lowest BCUT2D eigenvalue weighted by atomic mass is 9.70. The van der Waals surface area contributed by atoms with E-state index in [1.54, 1.807) is 0 Å². The van der Waals surface area contributed by atoms with E-state index in [4.69, 9.17) is 0 Å². The number of benzene rings is 4. The van der Waals surface area contributed by atoms with Gasteiger partial charge in [-0.1, -0.05) is 204 Å². The Morgan fingerprint density at radius 1 is 0.419 bits per heavy atom. The smallest absolute Gasteiger partial charge is 0.0118 e. The molecule has 4 aromatic rings. The second kappa shape index (κ2) is 25.4. The lowest BCUT2D eigenvalue weighted by Crippen LogP contribution is -2.21. The Hall–Kier alpha value is -3.12. The monoisotopic (exact) mass is 581 g/mol. The molecule has 5 rings (SSSR count). The van der Waals surface area contributed by atoms with Crippen LogP contribution in [0.5, 0.6) is 0 Å². The van der Waals surface area contributed by atoms with Crippen LogP contribution in [-0.2, 0) is 0 Å². The van der Waals surface area contributed by atoms with Gasteiger partial charge in [-0.2, -0.15) is 0 Å². The van der Waals surface area contributed by atoms with Crippen molar-refractivity contribution in [2.24, 2.45) is 17.8 Å². The van der Waals surface area contributed by atoms with Gasteiger partial charge in [0.2, 0.25) is 0 Å². The van der Waals surface area contributed by atoms with Crippen LogP contribution >= 0.6 is 0 Å². The van der Waals surface area contributed by atoms with E-state index in [-0.39, 0.29) is 0 Å². The molecule has 0 heteroatoms. The average Bonchev–Trinajstić information content (AvgIpc) is 3.08. The van der Waals surface area contributed by atoms with Crippen LogP contribution in [0.4, 0.5) is 0 Å². The van der Waals surface area contributed by atoms with E-state index in [0.717, 1.165) is 5.92 Å². The normalized spacial score (nSPS) is 12.2. The molecule has 1 unspecified atom stereocenters. The summed E-state index contributed by atoms with van der Waals surface area (Å²) in [6.45, 7) is 23.0. The fourth-order valence-electron chi connectivity index (χ4n) is 5.34. The summed E-state index contributed by atoms with van der Waals surface area (Å²) in [5.41, 5.74) is 5.79. The highest BCUT2D eigenvalue weighted by atomic mass is 14.3. The molecule has 0 heterocycles. The molecule has 1 saturated carbocycles. The second-order valence-electron chi connectivity index (χ2n) is 10.4. The van der Waals surface area contributed by atoms with E-state index < -0.39 is 0 Å². The minimum Gasteiger partial charge on any atom is -0.0683 e. The number of rotatable bonds is 7. The molecule has 0 saturated heterocycles. The van der Waals surface area contributed by atoms with E-state index >= 15 is 0 Å². The van der Waals surface area contributed by atoms with Crippen LogP contribution in [0.2, 0.25) is 0 Å². The van der Waals surface area contributed by atoms with Crippen LogP contribution in [0.15, 0.2) is 121 Å². The Kier molecular flexibility index (Phi) is 23.5. The molecule has 0 aromatic heterocycles. The van der Waals surface area contributed by atoms with Crippen LogP contribution in [0.1, 0.15) is 130 Å². The number of hydrogen-bond acceptors (Lipinski definition) is 0. The van der Waals surface area contributed by atoms with Gasteiger partial charge in [0.15, 0.2) is 0 Å². The molecule has 1 aliphatic rings. The van der Waals surface area contributed by atoms with Gasteiger partial charge in [-0.15, -0.1) is 0 Å². The maximum Gasteiger partial charge on any atom is 0.0118 e. The van der Waals surface area contributed by atoms with Crippen molar-refractivity contribution in [2.45, 2.75) is 107 Å². The first-order chi connectivity index (χ1) is 21.1. The minimum atomic E-state index is 0.493. The molecule has 0 N–H and O–H groups in total.